The molecule has 0 aliphatic rings. The Bertz CT molecular complexity index is 2280. The van der Waals surface area contributed by atoms with E-state index in [-0.39, 0.29) is 43.3 Å². The molecular formula is C52H36MoO8. The largest absolute Gasteiger partial charge is 4.00 e. The predicted molar refractivity (Wildman–Crippen MR) is 225 cm³/mol. The van der Waals surface area contributed by atoms with Gasteiger partial charge in [0.15, 0.2) is 0 Å². The van der Waals surface area contributed by atoms with E-state index in [4.69, 9.17) is 0 Å². The molecule has 8 nitrogen and oxygen atoms in total. The first-order valence-electron chi connectivity index (χ1n) is 18.6. The second-order valence-corrected chi connectivity index (χ2v) is 12.8. The summed E-state index contributed by atoms with van der Waals surface area (Å²) in [5, 5.41) is 43.5. The number of carboxylic acids is 4. The van der Waals surface area contributed by atoms with E-state index in [0.29, 0.717) is 22.3 Å². The van der Waals surface area contributed by atoms with E-state index in [1.165, 1.54) is 0 Å². The molecule has 0 aromatic heterocycles. The van der Waals surface area contributed by atoms with Crippen molar-refractivity contribution in [2.75, 3.05) is 0 Å². The van der Waals surface area contributed by atoms with Crippen molar-refractivity contribution >= 4 is 23.9 Å². The molecule has 0 fully saturated rings. The van der Waals surface area contributed by atoms with E-state index < -0.39 is 23.9 Å². The van der Waals surface area contributed by atoms with Crippen LogP contribution in [0.3, 0.4) is 0 Å². The van der Waals surface area contributed by atoms with E-state index in [2.05, 4.69) is 0 Å². The van der Waals surface area contributed by atoms with Gasteiger partial charge in [-0.15, -0.1) is 0 Å². The fraction of sp³-hybridized carbons (Fsp3) is 0. The minimum atomic E-state index is -1.14. The van der Waals surface area contributed by atoms with Crippen LogP contribution in [0.5, 0.6) is 0 Å². The minimum absolute atomic E-state index is 0. The molecule has 8 rings (SSSR count). The number of carbonyl (C=O) groups is 4. The van der Waals surface area contributed by atoms with Gasteiger partial charge < -0.3 is 39.6 Å². The zero-order valence-corrected chi connectivity index (χ0v) is 34.5. The standard InChI is InChI=1S/4C13H10O2.Mo/c4*14-13(15)12-9-5-4-8-11(12)10-6-2-1-3-7-10;/h4*1-9H,(H,14,15);/q;;;;+4/p-4. The van der Waals surface area contributed by atoms with Gasteiger partial charge in [0.2, 0.25) is 0 Å². The zero-order chi connectivity index (χ0) is 42.7. The Morgan fingerprint density at radius 3 is 0.541 bits per heavy atom. The fourth-order valence-corrected chi connectivity index (χ4v) is 6.12. The molecule has 0 heterocycles. The average molecular weight is 885 g/mol. The Kier molecular flexibility index (Phi) is 17.9. The number of aromatic carboxylic acids is 4. The fourth-order valence-electron chi connectivity index (χ4n) is 6.12. The van der Waals surface area contributed by atoms with Gasteiger partial charge in [-0.3, -0.25) is 0 Å². The second kappa shape index (κ2) is 23.7. The first kappa shape index (κ1) is 46.0. The second-order valence-electron chi connectivity index (χ2n) is 12.8. The molecule has 0 radical (unpaired) electrons. The summed E-state index contributed by atoms with van der Waals surface area (Å²) < 4.78 is 0. The number of benzene rings is 8. The van der Waals surface area contributed by atoms with Crippen LogP contribution >= 0.6 is 0 Å². The Morgan fingerprint density at radius 2 is 0.377 bits per heavy atom. The predicted octanol–water partition coefficient (Wildman–Crippen LogP) is 6.87. The summed E-state index contributed by atoms with van der Waals surface area (Å²) in [6.07, 6.45) is 0. The maximum Gasteiger partial charge on any atom is 4.00 e. The van der Waals surface area contributed by atoms with E-state index in [1.807, 2.05) is 146 Å². The topological polar surface area (TPSA) is 161 Å². The monoisotopic (exact) mass is 886 g/mol. The van der Waals surface area contributed by atoms with Crippen LogP contribution in [-0.4, -0.2) is 23.9 Å². The summed E-state index contributed by atoms with van der Waals surface area (Å²) in [7, 11) is 0. The summed E-state index contributed by atoms with van der Waals surface area (Å²) in [4.78, 5) is 43.5. The van der Waals surface area contributed by atoms with Crippen LogP contribution in [0, 0.1) is 0 Å². The molecule has 0 atom stereocenters. The normalized spacial score (nSPS) is 9.70. The molecule has 0 N–H and O–H groups in total. The van der Waals surface area contributed by atoms with Gasteiger partial charge in [-0.1, -0.05) is 218 Å². The molecule has 0 saturated carbocycles. The van der Waals surface area contributed by atoms with Gasteiger partial charge >= 0.3 is 21.1 Å². The number of carbonyl (C=O) groups excluding carboxylic acids is 4. The third-order valence-corrected chi connectivity index (χ3v) is 8.93. The smallest absolute Gasteiger partial charge is 0.545 e. The van der Waals surface area contributed by atoms with Crippen molar-refractivity contribution in [1.29, 1.82) is 0 Å². The average Bonchev–Trinajstić information content (AvgIpc) is 3.30. The van der Waals surface area contributed by atoms with Crippen LogP contribution in [0.2, 0.25) is 0 Å². The SMILES string of the molecule is O=C([O-])c1ccccc1-c1ccccc1.O=C([O-])c1ccccc1-c1ccccc1.O=C([O-])c1ccccc1-c1ccccc1.O=C([O-])c1ccccc1-c1ccccc1.[Mo+4]. The number of rotatable bonds is 8. The molecule has 0 spiro atoms. The maximum absolute atomic E-state index is 10.9. The molecule has 0 aliphatic carbocycles. The third-order valence-electron chi connectivity index (χ3n) is 8.93. The third kappa shape index (κ3) is 13.2. The van der Waals surface area contributed by atoms with Crippen molar-refractivity contribution in [1.82, 2.24) is 0 Å². The van der Waals surface area contributed by atoms with E-state index >= 15 is 0 Å². The van der Waals surface area contributed by atoms with Gasteiger partial charge in [0.25, 0.3) is 0 Å². The van der Waals surface area contributed by atoms with Crippen LogP contribution < -0.4 is 20.4 Å². The molecule has 0 bridgehead atoms. The quantitative estimate of drug-likeness (QED) is 0.150. The Labute approximate surface area is 368 Å². The van der Waals surface area contributed by atoms with Crippen molar-refractivity contribution in [2.45, 2.75) is 0 Å². The van der Waals surface area contributed by atoms with Gasteiger partial charge in [-0.2, -0.15) is 0 Å². The Balaban J connectivity index is 0.000000178. The van der Waals surface area contributed by atoms with Gasteiger partial charge in [0, 0.05) is 22.3 Å². The summed E-state index contributed by atoms with van der Waals surface area (Å²) in [6.45, 7) is 0. The molecule has 0 unspecified atom stereocenters. The molecule has 8 aromatic carbocycles. The summed E-state index contributed by atoms with van der Waals surface area (Å²) in [5.41, 5.74) is 7.22. The van der Waals surface area contributed by atoms with E-state index in [9.17, 15) is 39.6 Å². The molecule has 9 heteroatoms. The first-order chi connectivity index (χ1) is 29.2. The van der Waals surface area contributed by atoms with Crippen molar-refractivity contribution < 1.29 is 60.7 Å². The minimum Gasteiger partial charge on any atom is -0.545 e. The van der Waals surface area contributed by atoms with Crippen molar-refractivity contribution in [3.63, 3.8) is 0 Å². The zero-order valence-electron chi connectivity index (χ0n) is 32.5. The molecule has 8 aromatic rings. The van der Waals surface area contributed by atoms with E-state index in [1.54, 1.807) is 72.8 Å². The number of hydrogen-bond acceptors (Lipinski definition) is 8. The van der Waals surface area contributed by atoms with Gasteiger partial charge in [-0.25, -0.2) is 0 Å². The number of carboxylic acid groups (broad SMARTS) is 4. The molecule has 0 amide bonds. The van der Waals surface area contributed by atoms with Crippen LogP contribution in [0.4, 0.5) is 0 Å². The maximum atomic E-state index is 10.9. The van der Waals surface area contributed by atoms with Crippen molar-refractivity contribution in [3.05, 3.63) is 241 Å². The van der Waals surface area contributed by atoms with Crippen LogP contribution in [0.25, 0.3) is 44.5 Å². The summed E-state index contributed by atoms with van der Waals surface area (Å²) in [6, 6.07) is 65.0. The van der Waals surface area contributed by atoms with Crippen molar-refractivity contribution in [3.8, 4) is 44.5 Å². The van der Waals surface area contributed by atoms with Crippen LogP contribution in [0.15, 0.2) is 218 Å². The van der Waals surface area contributed by atoms with Crippen LogP contribution in [-0.2, 0) is 21.1 Å². The molecular weight excluding hydrogens is 849 g/mol. The van der Waals surface area contributed by atoms with Gasteiger partial charge in [0.05, 0.1) is 23.9 Å². The number of hydrogen-bond donors (Lipinski definition) is 0. The molecule has 298 valence electrons. The van der Waals surface area contributed by atoms with Crippen molar-refractivity contribution in [2.24, 2.45) is 0 Å². The molecule has 0 saturated heterocycles. The van der Waals surface area contributed by atoms with Crippen LogP contribution in [0.1, 0.15) is 41.4 Å². The Hall–Kier alpha value is -7.67. The summed E-state index contributed by atoms with van der Waals surface area (Å²) >= 11 is 0. The van der Waals surface area contributed by atoms with Gasteiger partial charge in [-0.05, 0) is 44.5 Å². The molecule has 61 heavy (non-hydrogen) atoms. The van der Waals surface area contributed by atoms with E-state index in [0.717, 1.165) is 22.3 Å². The first-order valence-corrected chi connectivity index (χ1v) is 18.6. The summed E-state index contributed by atoms with van der Waals surface area (Å²) in [5.74, 6) is -4.58. The van der Waals surface area contributed by atoms with Gasteiger partial charge in [0.1, 0.15) is 0 Å². The molecule has 0 aliphatic heterocycles. The Morgan fingerprint density at radius 1 is 0.230 bits per heavy atom.